The first-order valence-electron chi connectivity index (χ1n) is 6.53. The van der Waals surface area contributed by atoms with Crippen LogP contribution < -0.4 is 5.32 Å². The van der Waals surface area contributed by atoms with E-state index in [2.05, 4.69) is 10.3 Å². The van der Waals surface area contributed by atoms with Crippen LogP contribution in [0.4, 0.5) is 5.13 Å². The Kier molecular flexibility index (Phi) is 5.58. The normalized spacial score (nSPS) is 12.1. The average molecular weight is 324 g/mol. The lowest BCUT2D eigenvalue weighted by Crippen LogP contribution is -2.24. The Morgan fingerprint density at radius 2 is 2.19 bits per heavy atom. The van der Waals surface area contributed by atoms with Gasteiger partial charge < -0.3 is 10.1 Å². The predicted octanol–water partition coefficient (Wildman–Crippen LogP) is 2.92. The van der Waals surface area contributed by atoms with Gasteiger partial charge in [-0.15, -0.1) is 11.8 Å². The Hall–Kier alpha value is -1.60. The lowest BCUT2D eigenvalue weighted by molar-refractivity contribution is -0.139. The molecule has 1 amide bonds. The van der Waals surface area contributed by atoms with Gasteiger partial charge >= 0.3 is 5.97 Å². The van der Waals surface area contributed by atoms with Crippen LogP contribution in [0.1, 0.15) is 13.8 Å². The Balaban J connectivity index is 1.89. The highest BCUT2D eigenvalue weighted by Crippen LogP contribution is 2.26. The molecular weight excluding hydrogens is 308 g/mol. The van der Waals surface area contributed by atoms with Crippen LogP contribution in [0, 0.1) is 0 Å². The minimum atomic E-state index is -0.346. The van der Waals surface area contributed by atoms with Gasteiger partial charge in [-0.2, -0.15) is 0 Å². The Bertz CT molecular complexity index is 609. The van der Waals surface area contributed by atoms with Gasteiger partial charge in [0, 0.05) is 0 Å². The van der Waals surface area contributed by atoms with E-state index < -0.39 is 0 Å². The van der Waals surface area contributed by atoms with Gasteiger partial charge in [0.1, 0.15) is 0 Å². The molecule has 0 saturated carbocycles. The fourth-order valence-corrected chi connectivity index (χ4v) is 3.15. The third-order valence-electron chi connectivity index (χ3n) is 2.65. The molecule has 7 heteroatoms. The van der Waals surface area contributed by atoms with Crippen molar-refractivity contribution in [2.75, 3.05) is 17.7 Å². The second-order valence-corrected chi connectivity index (χ2v) is 6.59. The number of nitrogens with zero attached hydrogens (tertiary/aromatic N) is 1. The summed E-state index contributed by atoms with van der Waals surface area (Å²) in [6.45, 7) is 3.87. The molecule has 1 aromatic carbocycles. The Morgan fingerprint density at radius 1 is 1.43 bits per heavy atom. The van der Waals surface area contributed by atoms with Crippen LogP contribution in [0.15, 0.2) is 24.3 Å². The van der Waals surface area contributed by atoms with Gasteiger partial charge in [-0.25, -0.2) is 4.98 Å². The average Bonchev–Trinajstić information content (AvgIpc) is 2.87. The minimum absolute atomic E-state index is 0.164. The van der Waals surface area contributed by atoms with Crippen molar-refractivity contribution in [2.24, 2.45) is 0 Å². The lowest BCUT2D eigenvalue weighted by atomic mass is 10.3. The maximum Gasteiger partial charge on any atom is 0.315 e. The maximum atomic E-state index is 12.0. The monoisotopic (exact) mass is 324 g/mol. The number of carbonyl (C=O) groups excluding carboxylic acids is 2. The van der Waals surface area contributed by atoms with Crippen molar-refractivity contribution in [1.82, 2.24) is 4.98 Å². The third-order valence-corrected chi connectivity index (χ3v) is 4.72. The Morgan fingerprint density at radius 3 is 2.90 bits per heavy atom. The Labute approximate surface area is 131 Å². The number of esters is 1. The molecule has 0 aliphatic carbocycles. The van der Waals surface area contributed by atoms with Crippen molar-refractivity contribution >= 4 is 50.3 Å². The van der Waals surface area contributed by atoms with Crippen molar-refractivity contribution in [1.29, 1.82) is 0 Å². The molecule has 1 heterocycles. The van der Waals surface area contributed by atoms with Crippen LogP contribution in [-0.4, -0.2) is 34.5 Å². The second kappa shape index (κ2) is 7.42. The molecule has 0 aliphatic rings. The summed E-state index contributed by atoms with van der Waals surface area (Å²) in [5.74, 6) is -0.298. The van der Waals surface area contributed by atoms with E-state index in [4.69, 9.17) is 4.74 Å². The van der Waals surface area contributed by atoms with Gasteiger partial charge in [0.2, 0.25) is 5.91 Å². The van der Waals surface area contributed by atoms with E-state index in [1.54, 1.807) is 13.8 Å². The maximum absolute atomic E-state index is 12.0. The van der Waals surface area contributed by atoms with Crippen molar-refractivity contribution in [3.05, 3.63) is 24.3 Å². The number of ether oxygens (including phenoxy) is 1. The van der Waals surface area contributed by atoms with Gasteiger partial charge in [-0.1, -0.05) is 23.5 Å². The number of amides is 1. The standard InChI is InChI=1S/C14H16N2O3S2/c1-3-19-12(17)8-20-9(2)13(18)16-14-15-10-6-4-5-7-11(10)21-14/h4-7,9H,3,8H2,1-2H3,(H,15,16,18). The van der Waals surface area contributed by atoms with E-state index >= 15 is 0 Å². The van der Waals surface area contributed by atoms with Crippen LogP contribution in [0.25, 0.3) is 10.2 Å². The predicted molar refractivity (Wildman–Crippen MR) is 86.8 cm³/mol. The van der Waals surface area contributed by atoms with E-state index in [9.17, 15) is 9.59 Å². The molecule has 1 aromatic heterocycles. The number of rotatable bonds is 6. The summed E-state index contributed by atoms with van der Waals surface area (Å²) in [4.78, 5) is 27.6. The number of thiazole rings is 1. The van der Waals surface area contributed by atoms with Crippen molar-refractivity contribution in [3.63, 3.8) is 0 Å². The van der Waals surface area contributed by atoms with Gasteiger partial charge in [0.05, 0.1) is 27.8 Å². The largest absolute Gasteiger partial charge is 0.465 e. The van der Waals surface area contributed by atoms with Crippen molar-refractivity contribution in [2.45, 2.75) is 19.1 Å². The highest BCUT2D eigenvalue weighted by atomic mass is 32.2. The summed E-state index contributed by atoms with van der Waals surface area (Å²) in [5, 5.41) is 3.01. The number of benzene rings is 1. The molecule has 0 bridgehead atoms. The zero-order valence-corrected chi connectivity index (χ0v) is 13.4. The van der Waals surface area contributed by atoms with E-state index in [0.29, 0.717) is 11.7 Å². The first kappa shape index (κ1) is 15.8. The number of aromatic nitrogens is 1. The number of anilines is 1. The van der Waals surface area contributed by atoms with E-state index in [1.807, 2.05) is 24.3 Å². The van der Waals surface area contributed by atoms with Crippen LogP contribution in [0.2, 0.25) is 0 Å². The molecule has 2 aromatic rings. The summed E-state index contributed by atoms with van der Waals surface area (Å²) in [6, 6.07) is 7.71. The van der Waals surface area contributed by atoms with Gasteiger partial charge in [-0.05, 0) is 26.0 Å². The zero-order valence-electron chi connectivity index (χ0n) is 11.8. The van der Waals surface area contributed by atoms with Gasteiger partial charge in [0.25, 0.3) is 0 Å². The molecule has 0 radical (unpaired) electrons. The van der Waals surface area contributed by atoms with E-state index in [0.717, 1.165) is 10.2 Å². The fraction of sp³-hybridized carbons (Fsp3) is 0.357. The number of nitrogens with one attached hydrogen (secondary N) is 1. The first-order valence-corrected chi connectivity index (χ1v) is 8.40. The van der Waals surface area contributed by atoms with Crippen molar-refractivity contribution < 1.29 is 14.3 Å². The van der Waals surface area contributed by atoms with Gasteiger partial charge in [0.15, 0.2) is 5.13 Å². The first-order chi connectivity index (χ1) is 10.1. The number of hydrogen-bond donors (Lipinski definition) is 1. The van der Waals surface area contributed by atoms with Crippen LogP contribution >= 0.6 is 23.1 Å². The molecule has 2 rings (SSSR count). The van der Waals surface area contributed by atoms with E-state index in [-0.39, 0.29) is 22.9 Å². The van der Waals surface area contributed by atoms with Gasteiger partial charge in [-0.3, -0.25) is 9.59 Å². The van der Waals surface area contributed by atoms with Crippen LogP contribution in [0.3, 0.4) is 0 Å². The molecule has 1 N–H and O–H groups in total. The summed E-state index contributed by atoms with van der Waals surface area (Å²) < 4.78 is 5.86. The topological polar surface area (TPSA) is 68.3 Å². The highest BCUT2D eigenvalue weighted by molar-refractivity contribution is 8.01. The third kappa shape index (κ3) is 4.44. The number of para-hydroxylation sites is 1. The molecular formula is C14H16N2O3S2. The number of hydrogen-bond acceptors (Lipinski definition) is 6. The van der Waals surface area contributed by atoms with Crippen LogP contribution in [0.5, 0.6) is 0 Å². The molecule has 0 spiro atoms. The summed E-state index contributed by atoms with van der Waals surface area (Å²) in [6.07, 6.45) is 0. The minimum Gasteiger partial charge on any atom is -0.465 e. The lowest BCUT2D eigenvalue weighted by Gasteiger charge is -2.09. The number of fused-ring (bicyclic) bond motifs is 1. The summed E-state index contributed by atoms with van der Waals surface area (Å²) >= 11 is 2.68. The summed E-state index contributed by atoms with van der Waals surface area (Å²) in [5.41, 5.74) is 0.865. The molecule has 1 atom stereocenters. The number of thioether (sulfide) groups is 1. The second-order valence-electron chi connectivity index (χ2n) is 4.23. The molecule has 112 valence electrons. The fourth-order valence-electron chi connectivity index (χ4n) is 1.60. The molecule has 0 fully saturated rings. The molecule has 5 nitrogen and oxygen atoms in total. The molecule has 0 aliphatic heterocycles. The van der Waals surface area contributed by atoms with Crippen molar-refractivity contribution in [3.8, 4) is 0 Å². The highest BCUT2D eigenvalue weighted by Gasteiger charge is 2.17. The number of carbonyl (C=O) groups is 2. The zero-order chi connectivity index (χ0) is 15.2. The smallest absolute Gasteiger partial charge is 0.315 e. The van der Waals surface area contributed by atoms with E-state index in [1.165, 1.54) is 23.1 Å². The molecule has 21 heavy (non-hydrogen) atoms. The molecule has 1 unspecified atom stereocenters. The SMILES string of the molecule is CCOC(=O)CSC(C)C(=O)Nc1nc2ccccc2s1. The summed E-state index contributed by atoms with van der Waals surface area (Å²) in [7, 11) is 0. The molecule has 0 saturated heterocycles. The quantitative estimate of drug-likeness (QED) is 0.828. The van der Waals surface area contributed by atoms with Crippen LogP contribution in [-0.2, 0) is 14.3 Å².